The summed E-state index contributed by atoms with van der Waals surface area (Å²) in [5.74, 6) is -0.360. The standard InChI is InChI=1S/C23H26N2O3.ClH/c1-5-16-8-11-21-18(12-16)20(26)13-22(28-21)23(27)24-14-19(25(3)4)17-9-6-15(2)7-10-17;/h6-13,19H,5,14H2,1-4H3,(H,24,27);1H. The Morgan fingerprint density at radius 3 is 2.41 bits per heavy atom. The third-order valence-electron chi connectivity index (χ3n) is 4.97. The molecule has 0 aliphatic carbocycles. The van der Waals surface area contributed by atoms with Gasteiger partial charge >= 0.3 is 0 Å². The minimum Gasteiger partial charge on any atom is -0.451 e. The molecule has 0 aliphatic rings. The zero-order chi connectivity index (χ0) is 20.3. The molecule has 0 bridgehead atoms. The molecule has 5 nitrogen and oxygen atoms in total. The Bertz CT molecular complexity index is 1040. The summed E-state index contributed by atoms with van der Waals surface area (Å²) in [6.07, 6.45) is 0.836. The second kappa shape index (κ2) is 9.72. The van der Waals surface area contributed by atoms with Crippen molar-refractivity contribution in [2.24, 2.45) is 0 Å². The molecule has 0 fully saturated rings. The smallest absolute Gasteiger partial charge is 0.287 e. The highest BCUT2D eigenvalue weighted by atomic mass is 35.5. The molecule has 1 atom stereocenters. The molecule has 0 spiro atoms. The number of fused-ring (bicyclic) bond motifs is 1. The molecule has 0 saturated heterocycles. The third kappa shape index (κ3) is 5.25. The summed E-state index contributed by atoms with van der Waals surface area (Å²) in [4.78, 5) is 27.1. The Morgan fingerprint density at radius 1 is 1.10 bits per heavy atom. The van der Waals surface area contributed by atoms with Crippen LogP contribution in [0.4, 0.5) is 0 Å². The Kier molecular flexibility index (Phi) is 7.59. The first-order valence-electron chi connectivity index (χ1n) is 9.47. The predicted molar refractivity (Wildman–Crippen MR) is 119 cm³/mol. The van der Waals surface area contributed by atoms with E-state index in [1.807, 2.05) is 45.0 Å². The van der Waals surface area contributed by atoms with E-state index in [1.54, 1.807) is 6.07 Å². The van der Waals surface area contributed by atoms with Crippen molar-refractivity contribution in [3.8, 4) is 0 Å². The van der Waals surface area contributed by atoms with E-state index >= 15 is 0 Å². The maximum Gasteiger partial charge on any atom is 0.287 e. The number of carbonyl (C=O) groups excluding carboxylic acids is 1. The van der Waals surface area contributed by atoms with Crippen LogP contribution in [0.2, 0.25) is 0 Å². The van der Waals surface area contributed by atoms with Gasteiger partial charge in [0.15, 0.2) is 11.2 Å². The number of rotatable bonds is 6. The molecule has 0 aliphatic heterocycles. The first-order chi connectivity index (χ1) is 13.4. The lowest BCUT2D eigenvalue weighted by Crippen LogP contribution is -2.34. The van der Waals surface area contributed by atoms with E-state index in [-0.39, 0.29) is 29.6 Å². The van der Waals surface area contributed by atoms with Crippen LogP contribution >= 0.6 is 12.4 Å². The molecular formula is C23H27ClN2O3. The lowest BCUT2D eigenvalue weighted by atomic mass is 10.0. The van der Waals surface area contributed by atoms with Crippen LogP contribution in [0.25, 0.3) is 11.0 Å². The quantitative estimate of drug-likeness (QED) is 0.659. The molecule has 3 aromatic rings. The maximum absolute atomic E-state index is 12.6. The number of nitrogens with zero attached hydrogens (tertiary/aromatic N) is 1. The van der Waals surface area contributed by atoms with E-state index in [0.717, 1.165) is 17.5 Å². The molecule has 154 valence electrons. The summed E-state index contributed by atoms with van der Waals surface area (Å²) >= 11 is 0. The van der Waals surface area contributed by atoms with Gasteiger partial charge in [-0.2, -0.15) is 0 Å². The number of halogens is 1. The predicted octanol–water partition coefficient (Wildman–Crippen LogP) is 4.12. The minimum absolute atomic E-state index is 0. The SMILES string of the molecule is CCc1ccc2oc(C(=O)NCC(c3ccc(C)cc3)N(C)C)cc(=O)c2c1.Cl. The first-order valence-corrected chi connectivity index (χ1v) is 9.47. The van der Waals surface area contributed by atoms with Gasteiger partial charge in [-0.05, 0) is 50.7 Å². The van der Waals surface area contributed by atoms with Crippen molar-refractivity contribution in [2.75, 3.05) is 20.6 Å². The van der Waals surface area contributed by atoms with E-state index in [9.17, 15) is 9.59 Å². The summed E-state index contributed by atoms with van der Waals surface area (Å²) in [5, 5.41) is 3.40. The number of amides is 1. The van der Waals surface area contributed by atoms with Gasteiger partial charge in [0.2, 0.25) is 0 Å². The molecule has 1 aromatic heterocycles. The fraction of sp³-hybridized carbons (Fsp3) is 0.304. The number of likely N-dealkylation sites (N-methyl/N-ethyl adjacent to an activating group) is 1. The van der Waals surface area contributed by atoms with Gasteiger partial charge in [0.05, 0.1) is 11.4 Å². The lowest BCUT2D eigenvalue weighted by Gasteiger charge is -2.25. The first kappa shape index (κ1) is 22.7. The van der Waals surface area contributed by atoms with Crippen molar-refractivity contribution in [1.82, 2.24) is 10.2 Å². The van der Waals surface area contributed by atoms with Gasteiger partial charge in [-0.15, -0.1) is 12.4 Å². The van der Waals surface area contributed by atoms with Crippen LogP contribution in [0, 0.1) is 6.92 Å². The average molecular weight is 415 g/mol. The van der Waals surface area contributed by atoms with Gasteiger partial charge < -0.3 is 14.6 Å². The van der Waals surface area contributed by atoms with Crippen LogP contribution in [0.1, 0.15) is 40.2 Å². The summed E-state index contributed by atoms with van der Waals surface area (Å²) in [5.41, 5.74) is 3.59. The molecule has 29 heavy (non-hydrogen) atoms. The minimum atomic E-state index is -0.391. The van der Waals surface area contributed by atoms with Crippen molar-refractivity contribution >= 4 is 29.3 Å². The molecule has 0 saturated carbocycles. The largest absolute Gasteiger partial charge is 0.451 e. The van der Waals surface area contributed by atoms with Crippen molar-refractivity contribution in [3.63, 3.8) is 0 Å². The van der Waals surface area contributed by atoms with Crippen molar-refractivity contribution in [1.29, 1.82) is 0 Å². The number of carbonyl (C=O) groups is 1. The fourth-order valence-corrected chi connectivity index (χ4v) is 3.20. The highest BCUT2D eigenvalue weighted by molar-refractivity contribution is 5.93. The van der Waals surface area contributed by atoms with E-state index in [1.165, 1.54) is 11.6 Å². The van der Waals surface area contributed by atoms with Crippen molar-refractivity contribution in [3.05, 3.63) is 81.2 Å². The van der Waals surface area contributed by atoms with Gasteiger partial charge in [0.25, 0.3) is 5.91 Å². The molecule has 2 aromatic carbocycles. The third-order valence-corrected chi connectivity index (χ3v) is 4.97. The average Bonchev–Trinajstić information content (AvgIpc) is 2.68. The molecular weight excluding hydrogens is 388 g/mol. The summed E-state index contributed by atoms with van der Waals surface area (Å²) in [6.45, 7) is 4.48. The maximum atomic E-state index is 12.6. The Morgan fingerprint density at radius 2 is 1.79 bits per heavy atom. The molecule has 3 rings (SSSR count). The second-order valence-corrected chi connectivity index (χ2v) is 7.26. The Hall–Kier alpha value is -2.63. The second-order valence-electron chi connectivity index (χ2n) is 7.26. The zero-order valence-corrected chi connectivity index (χ0v) is 18.0. The summed E-state index contributed by atoms with van der Waals surface area (Å²) in [7, 11) is 3.94. The van der Waals surface area contributed by atoms with E-state index in [4.69, 9.17) is 4.42 Å². The molecule has 1 N–H and O–H groups in total. The van der Waals surface area contributed by atoms with Gasteiger partial charge in [-0.1, -0.05) is 42.8 Å². The van der Waals surface area contributed by atoms with Gasteiger partial charge in [0, 0.05) is 12.6 Å². The number of aryl methyl sites for hydroxylation is 2. The van der Waals surface area contributed by atoms with Crippen LogP contribution in [-0.2, 0) is 6.42 Å². The normalized spacial score (nSPS) is 11.9. The van der Waals surface area contributed by atoms with Crippen molar-refractivity contribution < 1.29 is 9.21 Å². The highest BCUT2D eigenvalue weighted by Crippen LogP contribution is 2.19. The van der Waals surface area contributed by atoms with Crippen LogP contribution in [0.15, 0.2) is 57.7 Å². The van der Waals surface area contributed by atoms with Gasteiger partial charge in [0.1, 0.15) is 5.58 Å². The topological polar surface area (TPSA) is 62.6 Å². The van der Waals surface area contributed by atoms with Crippen LogP contribution in [0.5, 0.6) is 0 Å². The van der Waals surface area contributed by atoms with E-state index < -0.39 is 5.91 Å². The summed E-state index contributed by atoms with van der Waals surface area (Å²) in [6, 6.07) is 15.0. The van der Waals surface area contributed by atoms with Crippen LogP contribution in [0.3, 0.4) is 0 Å². The summed E-state index contributed by atoms with van der Waals surface area (Å²) < 4.78 is 5.69. The van der Waals surface area contributed by atoms with Crippen LogP contribution < -0.4 is 10.7 Å². The molecule has 6 heteroatoms. The number of benzene rings is 2. The van der Waals surface area contributed by atoms with Crippen LogP contribution in [-0.4, -0.2) is 31.4 Å². The number of hydrogen-bond acceptors (Lipinski definition) is 4. The fourth-order valence-electron chi connectivity index (χ4n) is 3.20. The lowest BCUT2D eigenvalue weighted by molar-refractivity contribution is 0.0914. The zero-order valence-electron chi connectivity index (χ0n) is 17.2. The van der Waals surface area contributed by atoms with E-state index in [2.05, 4.69) is 29.6 Å². The van der Waals surface area contributed by atoms with Gasteiger partial charge in [-0.25, -0.2) is 0 Å². The Labute approximate surface area is 177 Å². The molecule has 1 amide bonds. The molecule has 1 unspecified atom stereocenters. The Balaban J connectivity index is 0.00000300. The van der Waals surface area contributed by atoms with Crippen molar-refractivity contribution in [2.45, 2.75) is 26.3 Å². The number of hydrogen-bond donors (Lipinski definition) is 1. The van der Waals surface area contributed by atoms with Gasteiger partial charge in [-0.3, -0.25) is 9.59 Å². The molecule has 0 radical (unpaired) electrons. The number of nitrogens with one attached hydrogen (secondary N) is 1. The monoisotopic (exact) mass is 414 g/mol. The highest BCUT2D eigenvalue weighted by Gasteiger charge is 2.18. The molecule has 1 heterocycles. The van der Waals surface area contributed by atoms with E-state index in [0.29, 0.717) is 17.5 Å².